The van der Waals surface area contributed by atoms with Crippen molar-refractivity contribution in [3.05, 3.63) is 24.5 Å². The third-order valence-corrected chi connectivity index (χ3v) is 3.70. The second kappa shape index (κ2) is 5.87. The standard InChI is InChI=1S/C15H21FN2O3/c1-15(2,3)13-12(16)11(6-8-18(13)14(19)20)21-10-5-4-7-17-9-10/h4-5,7,9,11-13H,6,8H2,1-3H3,(H,19,20)/t11-,12-,13?/m0/s1. The van der Waals surface area contributed by atoms with E-state index in [0.29, 0.717) is 12.2 Å². The van der Waals surface area contributed by atoms with Crippen LogP contribution in [0.2, 0.25) is 0 Å². The molecule has 116 valence electrons. The monoisotopic (exact) mass is 296 g/mol. The number of rotatable bonds is 2. The molecular weight excluding hydrogens is 275 g/mol. The van der Waals surface area contributed by atoms with Gasteiger partial charge in [-0.05, 0) is 17.5 Å². The molecule has 1 aromatic rings. The van der Waals surface area contributed by atoms with Crippen molar-refractivity contribution >= 4 is 6.09 Å². The first-order valence-electron chi connectivity index (χ1n) is 7.01. The number of hydrogen-bond acceptors (Lipinski definition) is 3. The zero-order chi connectivity index (χ0) is 15.6. The lowest BCUT2D eigenvalue weighted by molar-refractivity contribution is -0.0513. The maximum atomic E-state index is 14.9. The summed E-state index contributed by atoms with van der Waals surface area (Å²) >= 11 is 0. The minimum absolute atomic E-state index is 0.266. The highest BCUT2D eigenvalue weighted by Gasteiger charge is 2.47. The van der Waals surface area contributed by atoms with Crippen LogP contribution in [0.3, 0.4) is 0 Å². The summed E-state index contributed by atoms with van der Waals surface area (Å²) in [5.41, 5.74) is -0.505. The molecule has 1 saturated heterocycles. The first-order valence-corrected chi connectivity index (χ1v) is 7.01. The van der Waals surface area contributed by atoms with Crippen LogP contribution in [0.5, 0.6) is 5.75 Å². The number of ether oxygens (including phenoxy) is 1. The van der Waals surface area contributed by atoms with E-state index < -0.39 is 29.8 Å². The lowest BCUT2D eigenvalue weighted by Gasteiger charge is -2.46. The van der Waals surface area contributed by atoms with Crippen molar-refractivity contribution in [1.29, 1.82) is 0 Å². The van der Waals surface area contributed by atoms with Crippen LogP contribution in [-0.4, -0.2) is 45.9 Å². The normalized spacial score (nSPS) is 26.5. The van der Waals surface area contributed by atoms with Crippen molar-refractivity contribution < 1.29 is 19.0 Å². The van der Waals surface area contributed by atoms with Crippen molar-refractivity contribution in [2.75, 3.05) is 6.54 Å². The molecule has 6 heteroatoms. The van der Waals surface area contributed by atoms with E-state index in [1.165, 1.54) is 11.1 Å². The van der Waals surface area contributed by atoms with E-state index in [2.05, 4.69) is 4.98 Å². The molecule has 2 heterocycles. The SMILES string of the molecule is CC(C)(C)C1[C@@H](F)[C@@H](Oc2cccnc2)CCN1C(=O)O. The molecule has 0 saturated carbocycles. The number of pyridine rings is 1. The molecule has 21 heavy (non-hydrogen) atoms. The number of carboxylic acid groups (broad SMARTS) is 1. The summed E-state index contributed by atoms with van der Waals surface area (Å²) in [5, 5.41) is 9.27. The molecule has 1 unspecified atom stereocenters. The molecule has 1 aliphatic heterocycles. The fraction of sp³-hybridized carbons (Fsp3) is 0.600. The summed E-state index contributed by atoms with van der Waals surface area (Å²) < 4.78 is 20.5. The van der Waals surface area contributed by atoms with Crippen LogP contribution in [0, 0.1) is 5.41 Å². The molecule has 1 fully saturated rings. The molecule has 5 nitrogen and oxygen atoms in total. The Labute approximate surface area is 123 Å². The molecule has 0 bridgehead atoms. The van der Waals surface area contributed by atoms with Crippen LogP contribution < -0.4 is 4.74 Å². The van der Waals surface area contributed by atoms with E-state index in [1.54, 1.807) is 18.3 Å². The van der Waals surface area contributed by atoms with Gasteiger partial charge in [-0.15, -0.1) is 0 Å². The largest absolute Gasteiger partial charge is 0.486 e. The Morgan fingerprint density at radius 1 is 1.52 bits per heavy atom. The van der Waals surface area contributed by atoms with Crippen LogP contribution in [-0.2, 0) is 0 Å². The van der Waals surface area contributed by atoms with Gasteiger partial charge in [0.1, 0.15) is 11.9 Å². The number of nitrogens with zero attached hydrogens (tertiary/aromatic N) is 2. The van der Waals surface area contributed by atoms with E-state index in [0.717, 1.165) is 0 Å². The number of amides is 1. The fourth-order valence-corrected chi connectivity index (χ4v) is 2.82. The van der Waals surface area contributed by atoms with Gasteiger partial charge in [-0.1, -0.05) is 20.8 Å². The third kappa shape index (κ3) is 3.43. The third-order valence-electron chi connectivity index (χ3n) is 3.70. The number of aromatic nitrogens is 1. The smallest absolute Gasteiger partial charge is 0.407 e. The quantitative estimate of drug-likeness (QED) is 0.911. The van der Waals surface area contributed by atoms with Gasteiger partial charge in [0.25, 0.3) is 0 Å². The van der Waals surface area contributed by atoms with Crippen molar-refractivity contribution in [2.45, 2.75) is 45.5 Å². The predicted octanol–water partition coefficient (Wildman–Crippen LogP) is 2.97. The zero-order valence-corrected chi connectivity index (χ0v) is 12.5. The van der Waals surface area contributed by atoms with Gasteiger partial charge in [0.2, 0.25) is 0 Å². The Balaban J connectivity index is 2.18. The van der Waals surface area contributed by atoms with Gasteiger partial charge >= 0.3 is 6.09 Å². The number of hydrogen-bond donors (Lipinski definition) is 1. The predicted molar refractivity (Wildman–Crippen MR) is 76.1 cm³/mol. The van der Waals surface area contributed by atoms with Gasteiger partial charge < -0.3 is 14.7 Å². The summed E-state index contributed by atoms with van der Waals surface area (Å²) in [6.45, 7) is 5.79. The van der Waals surface area contributed by atoms with Crippen molar-refractivity contribution in [2.24, 2.45) is 5.41 Å². The van der Waals surface area contributed by atoms with Crippen LogP contribution >= 0.6 is 0 Å². The van der Waals surface area contributed by atoms with Crippen LogP contribution in [0.15, 0.2) is 24.5 Å². The number of carbonyl (C=O) groups is 1. The van der Waals surface area contributed by atoms with Crippen LogP contribution in [0.25, 0.3) is 0 Å². The molecule has 1 N–H and O–H groups in total. The first-order chi connectivity index (χ1) is 9.80. The van der Waals surface area contributed by atoms with Crippen LogP contribution in [0.1, 0.15) is 27.2 Å². The average molecular weight is 296 g/mol. The maximum Gasteiger partial charge on any atom is 0.407 e. The second-order valence-corrected chi connectivity index (χ2v) is 6.36. The Morgan fingerprint density at radius 3 is 2.76 bits per heavy atom. The van der Waals surface area contributed by atoms with Gasteiger partial charge in [0.15, 0.2) is 6.17 Å². The highest BCUT2D eigenvalue weighted by molar-refractivity contribution is 5.66. The summed E-state index contributed by atoms with van der Waals surface area (Å²) in [5.74, 6) is 0.501. The van der Waals surface area contributed by atoms with Crippen molar-refractivity contribution in [1.82, 2.24) is 9.88 Å². The Morgan fingerprint density at radius 2 is 2.24 bits per heavy atom. The molecular formula is C15H21FN2O3. The number of alkyl halides is 1. The minimum Gasteiger partial charge on any atom is -0.486 e. The highest BCUT2D eigenvalue weighted by atomic mass is 19.1. The van der Waals surface area contributed by atoms with E-state index in [1.807, 2.05) is 20.8 Å². The maximum absolute atomic E-state index is 14.9. The number of piperidine rings is 1. The molecule has 3 atom stereocenters. The Kier molecular flexibility index (Phi) is 4.34. The molecule has 0 radical (unpaired) electrons. The van der Waals surface area contributed by atoms with Gasteiger partial charge in [-0.2, -0.15) is 0 Å². The summed E-state index contributed by atoms with van der Waals surface area (Å²) in [6.07, 6.45) is 0.351. The van der Waals surface area contributed by atoms with E-state index in [-0.39, 0.29) is 6.54 Å². The molecule has 2 rings (SSSR count). The summed E-state index contributed by atoms with van der Waals surface area (Å²) in [4.78, 5) is 16.5. The van der Waals surface area contributed by atoms with E-state index in [9.17, 15) is 14.3 Å². The van der Waals surface area contributed by atoms with Crippen LogP contribution in [0.4, 0.5) is 9.18 Å². The topological polar surface area (TPSA) is 62.7 Å². The van der Waals surface area contributed by atoms with Gasteiger partial charge in [-0.25, -0.2) is 9.18 Å². The van der Waals surface area contributed by atoms with Gasteiger partial charge in [0.05, 0.1) is 12.2 Å². The molecule has 1 aromatic heterocycles. The molecule has 1 amide bonds. The van der Waals surface area contributed by atoms with E-state index in [4.69, 9.17) is 4.74 Å². The molecule has 0 aliphatic carbocycles. The lowest BCUT2D eigenvalue weighted by atomic mass is 9.78. The zero-order valence-electron chi connectivity index (χ0n) is 12.5. The lowest BCUT2D eigenvalue weighted by Crippen LogP contribution is -2.60. The number of halogens is 1. The second-order valence-electron chi connectivity index (χ2n) is 6.36. The summed E-state index contributed by atoms with van der Waals surface area (Å²) in [6, 6.07) is 2.70. The Bertz CT molecular complexity index is 489. The number of likely N-dealkylation sites (tertiary alicyclic amines) is 1. The molecule has 1 aliphatic rings. The Hall–Kier alpha value is -1.85. The summed E-state index contributed by atoms with van der Waals surface area (Å²) in [7, 11) is 0. The highest BCUT2D eigenvalue weighted by Crippen LogP contribution is 2.35. The van der Waals surface area contributed by atoms with Gasteiger partial charge in [0, 0.05) is 19.2 Å². The molecule has 0 spiro atoms. The van der Waals surface area contributed by atoms with E-state index >= 15 is 0 Å². The van der Waals surface area contributed by atoms with Crippen molar-refractivity contribution in [3.63, 3.8) is 0 Å². The van der Waals surface area contributed by atoms with Gasteiger partial charge in [-0.3, -0.25) is 4.98 Å². The minimum atomic E-state index is -1.38. The fourth-order valence-electron chi connectivity index (χ4n) is 2.82. The first kappa shape index (κ1) is 15.5. The van der Waals surface area contributed by atoms with Crippen molar-refractivity contribution in [3.8, 4) is 5.75 Å². The average Bonchev–Trinajstić information content (AvgIpc) is 2.40. The molecule has 0 aromatic carbocycles.